The average Bonchev–Trinajstić information content (AvgIpc) is 2.54. The molecule has 21 heavy (non-hydrogen) atoms. The van der Waals surface area contributed by atoms with Crippen molar-refractivity contribution in [1.82, 2.24) is 0 Å². The fraction of sp³-hybridized carbons (Fsp3) is 0.333. The lowest BCUT2D eigenvalue weighted by Crippen LogP contribution is -2.05. The third-order valence-electron chi connectivity index (χ3n) is 3.65. The van der Waals surface area contributed by atoms with Gasteiger partial charge in [0.1, 0.15) is 0 Å². The standard InChI is InChI=1S/C18H22O3/c1-4-13-8-10-14(11-9-13)12-16(19)15-6-5-7-17(20-2)18(15)21-3/h5-11,16,19H,4,12H2,1-3H3. The van der Waals surface area contributed by atoms with Crippen LogP contribution in [0.2, 0.25) is 0 Å². The topological polar surface area (TPSA) is 38.7 Å². The van der Waals surface area contributed by atoms with Gasteiger partial charge in [0.25, 0.3) is 0 Å². The van der Waals surface area contributed by atoms with E-state index in [0.29, 0.717) is 17.9 Å². The molecule has 0 heterocycles. The lowest BCUT2D eigenvalue weighted by molar-refractivity contribution is 0.173. The van der Waals surface area contributed by atoms with Crippen LogP contribution in [0.5, 0.6) is 11.5 Å². The van der Waals surface area contributed by atoms with E-state index >= 15 is 0 Å². The second-order valence-electron chi connectivity index (χ2n) is 4.97. The van der Waals surface area contributed by atoms with Crippen molar-refractivity contribution in [3.05, 3.63) is 59.2 Å². The molecule has 0 aliphatic heterocycles. The molecule has 0 spiro atoms. The van der Waals surface area contributed by atoms with Gasteiger partial charge in [-0.05, 0) is 23.6 Å². The summed E-state index contributed by atoms with van der Waals surface area (Å²) in [6, 6.07) is 13.9. The number of ether oxygens (including phenoxy) is 2. The van der Waals surface area contributed by atoms with Crippen molar-refractivity contribution in [1.29, 1.82) is 0 Å². The van der Waals surface area contributed by atoms with Gasteiger partial charge in [0, 0.05) is 12.0 Å². The maximum absolute atomic E-state index is 10.5. The number of aliphatic hydroxyl groups is 1. The van der Waals surface area contributed by atoms with Crippen LogP contribution in [-0.4, -0.2) is 19.3 Å². The average molecular weight is 286 g/mol. The molecule has 2 aromatic rings. The Labute approximate surface area is 126 Å². The highest BCUT2D eigenvalue weighted by molar-refractivity contribution is 5.48. The number of rotatable bonds is 6. The first-order chi connectivity index (χ1) is 10.2. The molecule has 3 heteroatoms. The van der Waals surface area contributed by atoms with Gasteiger partial charge < -0.3 is 14.6 Å². The lowest BCUT2D eigenvalue weighted by atomic mass is 9.99. The molecule has 0 fully saturated rings. The summed E-state index contributed by atoms with van der Waals surface area (Å²) in [5, 5.41) is 10.5. The van der Waals surface area contributed by atoms with E-state index in [1.165, 1.54) is 5.56 Å². The Balaban J connectivity index is 2.21. The predicted octanol–water partition coefficient (Wildman–Crippen LogP) is 3.54. The summed E-state index contributed by atoms with van der Waals surface area (Å²) >= 11 is 0. The highest BCUT2D eigenvalue weighted by Gasteiger charge is 2.17. The molecule has 0 radical (unpaired) electrons. The van der Waals surface area contributed by atoms with Crippen LogP contribution in [0.25, 0.3) is 0 Å². The maximum atomic E-state index is 10.5. The third-order valence-corrected chi connectivity index (χ3v) is 3.65. The van der Waals surface area contributed by atoms with Gasteiger partial charge in [-0.3, -0.25) is 0 Å². The van der Waals surface area contributed by atoms with Gasteiger partial charge in [-0.2, -0.15) is 0 Å². The van der Waals surface area contributed by atoms with Crippen molar-refractivity contribution in [2.45, 2.75) is 25.9 Å². The van der Waals surface area contributed by atoms with Gasteiger partial charge in [-0.25, -0.2) is 0 Å². The van der Waals surface area contributed by atoms with E-state index in [1.807, 2.05) is 18.2 Å². The molecule has 0 bridgehead atoms. The molecule has 2 rings (SSSR count). The van der Waals surface area contributed by atoms with Crippen LogP contribution in [0.4, 0.5) is 0 Å². The molecule has 0 saturated heterocycles. The summed E-state index contributed by atoms with van der Waals surface area (Å²) in [5.41, 5.74) is 3.15. The molecular weight excluding hydrogens is 264 g/mol. The van der Waals surface area contributed by atoms with Crippen LogP contribution in [-0.2, 0) is 12.8 Å². The molecule has 0 saturated carbocycles. The summed E-state index contributed by atoms with van der Waals surface area (Å²) < 4.78 is 10.6. The van der Waals surface area contributed by atoms with Crippen LogP contribution in [0.3, 0.4) is 0 Å². The van der Waals surface area contributed by atoms with E-state index in [0.717, 1.165) is 17.5 Å². The van der Waals surface area contributed by atoms with E-state index in [2.05, 4.69) is 31.2 Å². The monoisotopic (exact) mass is 286 g/mol. The number of aliphatic hydroxyl groups excluding tert-OH is 1. The zero-order valence-corrected chi connectivity index (χ0v) is 12.8. The van der Waals surface area contributed by atoms with Gasteiger partial charge in [0.2, 0.25) is 0 Å². The van der Waals surface area contributed by atoms with Crippen molar-refractivity contribution < 1.29 is 14.6 Å². The van der Waals surface area contributed by atoms with E-state index in [1.54, 1.807) is 14.2 Å². The van der Waals surface area contributed by atoms with Crippen LogP contribution in [0, 0.1) is 0 Å². The van der Waals surface area contributed by atoms with Crippen LogP contribution in [0.15, 0.2) is 42.5 Å². The molecule has 3 nitrogen and oxygen atoms in total. The second kappa shape index (κ2) is 7.14. The molecule has 0 aliphatic rings. The number of aryl methyl sites for hydroxylation is 1. The maximum Gasteiger partial charge on any atom is 0.166 e. The second-order valence-corrected chi connectivity index (χ2v) is 4.97. The number of benzene rings is 2. The van der Waals surface area contributed by atoms with E-state index in [4.69, 9.17) is 9.47 Å². The summed E-state index contributed by atoms with van der Waals surface area (Å²) in [7, 11) is 3.18. The van der Waals surface area contributed by atoms with E-state index < -0.39 is 6.10 Å². The van der Waals surface area contributed by atoms with E-state index in [9.17, 15) is 5.11 Å². The van der Waals surface area contributed by atoms with Gasteiger partial charge in [0.15, 0.2) is 11.5 Å². The van der Waals surface area contributed by atoms with Crippen LogP contribution < -0.4 is 9.47 Å². The highest BCUT2D eigenvalue weighted by Crippen LogP contribution is 2.35. The summed E-state index contributed by atoms with van der Waals surface area (Å²) in [5.74, 6) is 1.23. The Kier molecular flexibility index (Phi) is 5.23. The molecule has 2 aromatic carbocycles. The quantitative estimate of drug-likeness (QED) is 0.882. The lowest BCUT2D eigenvalue weighted by Gasteiger charge is -2.17. The minimum absolute atomic E-state index is 0.549. The molecule has 1 unspecified atom stereocenters. The Morgan fingerprint density at radius 2 is 1.62 bits per heavy atom. The van der Waals surface area contributed by atoms with Gasteiger partial charge in [0.05, 0.1) is 20.3 Å². The van der Waals surface area contributed by atoms with Crippen molar-refractivity contribution in [3.63, 3.8) is 0 Å². The molecular formula is C18H22O3. The van der Waals surface area contributed by atoms with Crippen LogP contribution >= 0.6 is 0 Å². The van der Waals surface area contributed by atoms with Gasteiger partial charge >= 0.3 is 0 Å². The molecule has 0 amide bonds. The number of para-hydroxylation sites is 1. The molecule has 0 aliphatic carbocycles. The zero-order valence-electron chi connectivity index (χ0n) is 12.8. The minimum Gasteiger partial charge on any atom is -0.493 e. The molecule has 1 atom stereocenters. The largest absolute Gasteiger partial charge is 0.493 e. The number of hydrogen-bond acceptors (Lipinski definition) is 3. The number of hydrogen-bond donors (Lipinski definition) is 1. The molecule has 112 valence electrons. The van der Waals surface area contributed by atoms with Crippen molar-refractivity contribution in [2.75, 3.05) is 14.2 Å². The van der Waals surface area contributed by atoms with Crippen molar-refractivity contribution in [3.8, 4) is 11.5 Å². The Morgan fingerprint density at radius 1 is 0.952 bits per heavy atom. The van der Waals surface area contributed by atoms with Crippen molar-refractivity contribution >= 4 is 0 Å². The highest BCUT2D eigenvalue weighted by atomic mass is 16.5. The summed E-state index contributed by atoms with van der Waals surface area (Å²) in [4.78, 5) is 0. The van der Waals surface area contributed by atoms with Gasteiger partial charge in [-0.1, -0.05) is 43.3 Å². The number of methoxy groups -OCH3 is 2. The summed E-state index contributed by atoms with van der Waals surface area (Å²) in [6.45, 7) is 2.13. The molecule has 0 aromatic heterocycles. The van der Waals surface area contributed by atoms with Crippen molar-refractivity contribution in [2.24, 2.45) is 0 Å². The third kappa shape index (κ3) is 3.56. The first kappa shape index (κ1) is 15.4. The fourth-order valence-electron chi connectivity index (χ4n) is 2.42. The molecule has 1 N–H and O–H groups in total. The normalized spacial score (nSPS) is 12.0. The van der Waals surface area contributed by atoms with Gasteiger partial charge in [-0.15, -0.1) is 0 Å². The summed E-state index contributed by atoms with van der Waals surface area (Å²) in [6.07, 6.45) is 0.947. The van der Waals surface area contributed by atoms with E-state index in [-0.39, 0.29) is 0 Å². The Morgan fingerprint density at radius 3 is 2.19 bits per heavy atom. The zero-order chi connectivity index (χ0) is 15.2. The predicted molar refractivity (Wildman–Crippen MR) is 84.0 cm³/mol. The first-order valence-electron chi connectivity index (χ1n) is 7.16. The first-order valence-corrected chi connectivity index (χ1v) is 7.16. The SMILES string of the molecule is CCc1ccc(CC(O)c2cccc(OC)c2OC)cc1. The van der Waals surface area contributed by atoms with Crippen LogP contribution in [0.1, 0.15) is 29.7 Å². The minimum atomic E-state index is -0.623. The smallest absolute Gasteiger partial charge is 0.166 e. The fourth-order valence-corrected chi connectivity index (χ4v) is 2.42. The Bertz CT molecular complexity index is 576. The Hall–Kier alpha value is -2.00.